The first-order valence-corrected chi connectivity index (χ1v) is 9.43. The molecule has 1 aliphatic heterocycles. The van der Waals surface area contributed by atoms with Crippen LogP contribution < -0.4 is 20.1 Å². The molecule has 0 radical (unpaired) electrons. The van der Waals surface area contributed by atoms with Crippen molar-refractivity contribution in [3.63, 3.8) is 0 Å². The van der Waals surface area contributed by atoms with Gasteiger partial charge in [-0.1, -0.05) is 0 Å². The molecule has 0 saturated carbocycles. The van der Waals surface area contributed by atoms with Gasteiger partial charge in [0.15, 0.2) is 0 Å². The Morgan fingerprint density at radius 1 is 1.42 bits per heavy atom. The van der Waals surface area contributed by atoms with Crippen LogP contribution in [0, 0.1) is 5.92 Å². The highest BCUT2D eigenvalue weighted by Gasteiger charge is 2.16. The summed E-state index contributed by atoms with van der Waals surface area (Å²) < 4.78 is 30.1. The summed E-state index contributed by atoms with van der Waals surface area (Å²) in [4.78, 5) is 12.0. The Labute approximate surface area is 149 Å². The Balaban J connectivity index is 0.00000288. The number of sulfonamides is 1. The Bertz CT molecular complexity index is 661. The standard InChI is InChI=1S/C15H23N3O4S.ClH/c1-22-14-9-12(4-5-13(14)18-23(2,20)21)17-15(19)6-3-11-7-8-16-10-11;/h4-5,9,11,16,18H,3,6-8,10H2,1-2H3,(H,17,19);1H. The van der Waals surface area contributed by atoms with Crippen LogP contribution in [0.15, 0.2) is 18.2 Å². The molecule has 136 valence electrons. The summed E-state index contributed by atoms with van der Waals surface area (Å²) in [7, 11) is -1.94. The van der Waals surface area contributed by atoms with Crippen molar-refractivity contribution in [2.75, 3.05) is 36.5 Å². The summed E-state index contributed by atoms with van der Waals surface area (Å²) in [5, 5.41) is 6.10. The number of carbonyl (C=O) groups excluding carboxylic acids is 1. The Morgan fingerprint density at radius 3 is 2.75 bits per heavy atom. The van der Waals surface area contributed by atoms with E-state index in [1.165, 1.54) is 7.11 Å². The normalized spacial score (nSPS) is 17.0. The van der Waals surface area contributed by atoms with Gasteiger partial charge in [-0.05, 0) is 44.0 Å². The Morgan fingerprint density at radius 2 is 2.17 bits per heavy atom. The minimum absolute atomic E-state index is 0. The summed E-state index contributed by atoms with van der Waals surface area (Å²) in [5.41, 5.74) is 0.917. The topological polar surface area (TPSA) is 96.5 Å². The van der Waals surface area contributed by atoms with Crippen molar-refractivity contribution in [1.82, 2.24) is 5.32 Å². The average Bonchev–Trinajstić information content (AvgIpc) is 2.98. The van der Waals surface area contributed by atoms with E-state index in [4.69, 9.17) is 4.74 Å². The molecule has 1 unspecified atom stereocenters. The van der Waals surface area contributed by atoms with Crippen LogP contribution in [0.5, 0.6) is 5.75 Å². The minimum Gasteiger partial charge on any atom is -0.494 e. The molecule has 2 rings (SSSR count). The van der Waals surface area contributed by atoms with Crippen molar-refractivity contribution >= 4 is 39.7 Å². The zero-order valence-electron chi connectivity index (χ0n) is 13.8. The fraction of sp³-hybridized carbons (Fsp3) is 0.533. The van der Waals surface area contributed by atoms with Crippen molar-refractivity contribution in [3.05, 3.63) is 18.2 Å². The summed E-state index contributed by atoms with van der Waals surface area (Å²) in [5.74, 6) is 0.868. The Hall–Kier alpha value is -1.51. The lowest BCUT2D eigenvalue weighted by molar-refractivity contribution is -0.116. The van der Waals surface area contributed by atoms with E-state index < -0.39 is 10.0 Å². The summed E-state index contributed by atoms with van der Waals surface area (Å²) in [6, 6.07) is 4.81. The van der Waals surface area contributed by atoms with Crippen LogP contribution >= 0.6 is 12.4 Å². The molecule has 1 fully saturated rings. The zero-order chi connectivity index (χ0) is 16.9. The molecule has 1 saturated heterocycles. The number of anilines is 2. The maximum absolute atomic E-state index is 12.0. The van der Waals surface area contributed by atoms with Gasteiger partial charge in [-0.2, -0.15) is 0 Å². The van der Waals surface area contributed by atoms with Gasteiger partial charge < -0.3 is 15.4 Å². The second-order valence-electron chi connectivity index (χ2n) is 5.73. The lowest BCUT2D eigenvalue weighted by atomic mass is 10.0. The lowest BCUT2D eigenvalue weighted by Gasteiger charge is -2.13. The molecule has 0 spiro atoms. The first-order valence-electron chi connectivity index (χ1n) is 7.54. The SMILES string of the molecule is COc1cc(NC(=O)CCC2CCNC2)ccc1NS(C)(=O)=O.Cl. The van der Waals surface area contributed by atoms with Crippen LogP contribution in [0.25, 0.3) is 0 Å². The number of hydrogen-bond acceptors (Lipinski definition) is 5. The predicted octanol–water partition coefficient (Wildman–Crippen LogP) is 1.82. The Kier molecular flexibility index (Phi) is 7.78. The number of benzene rings is 1. The number of nitrogens with one attached hydrogen (secondary N) is 3. The van der Waals surface area contributed by atoms with Gasteiger partial charge in [0.2, 0.25) is 15.9 Å². The monoisotopic (exact) mass is 377 g/mol. The second kappa shape index (κ2) is 9.10. The third kappa shape index (κ3) is 6.54. The van der Waals surface area contributed by atoms with Crippen molar-refractivity contribution < 1.29 is 17.9 Å². The van der Waals surface area contributed by atoms with Crippen LogP contribution in [-0.2, 0) is 14.8 Å². The zero-order valence-corrected chi connectivity index (χ0v) is 15.4. The van der Waals surface area contributed by atoms with Crippen molar-refractivity contribution in [3.8, 4) is 5.75 Å². The van der Waals surface area contributed by atoms with E-state index >= 15 is 0 Å². The summed E-state index contributed by atoms with van der Waals surface area (Å²) >= 11 is 0. The second-order valence-corrected chi connectivity index (χ2v) is 7.48. The fourth-order valence-corrected chi connectivity index (χ4v) is 3.14. The minimum atomic E-state index is -3.39. The molecule has 0 aromatic heterocycles. The van der Waals surface area contributed by atoms with E-state index in [2.05, 4.69) is 15.4 Å². The van der Waals surface area contributed by atoms with Crippen molar-refractivity contribution in [2.24, 2.45) is 5.92 Å². The molecule has 1 heterocycles. The van der Waals surface area contributed by atoms with E-state index in [1.54, 1.807) is 18.2 Å². The molecule has 1 amide bonds. The van der Waals surface area contributed by atoms with Gasteiger partial charge in [0, 0.05) is 18.2 Å². The molecule has 24 heavy (non-hydrogen) atoms. The van der Waals surface area contributed by atoms with Crippen LogP contribution in [0.3, 0.4) is 0 Å². The quantitative estimate of drug-likeness (QED) is 0.673. The van der Waals surface area contributed by atoms with Crippen LogP contribution in [-0.4, -0.2) is 40.8 Å². The van der Waals surface area contributed by atoms with E-state index in [1.807, 2.05) is 0 Å². The predicted molar refractivity (Wildman–Crippen MR) is 97.5 cm³/mol. The highest BCUT2D eigenvalue weighted by molar-refractivity contribution is 7.92. The van der Waals surface area contributed by atoms with Gasteiger partial charge in [-0.3, -0.25) is 9.52 Å². The molecule has 9 heteroatoms. The molecular weight excluding hydrogens is 354 g/mol. The third-order valence-electron chi connectivity index (χ3n) is 3.72. The number of ether oxygens (including phenoxy) is 1. The van der Waals surface area contributed by atoms with Gasteiger partial charge in [0.1, 0.15) is 5.75 Å². The number of hydrogen-bond donors (Lipinski definition) is 3. The van der Waals surface area contributed by atoms with Gasteiger partial charge in [0.05, 0.1) is 19.1 Å². The molecule has 0 aliphatic carbocycles. The van der Waals surface area contributed by atoms with Gasteiger partial charge in [-0.15, -0.1) is 12.4 Å². The van der Waals surface area contributed by atoms with Crippen molar-refractivity contribution in [1.29, 1.82) is 0 Å². The third-order valence-corrected chi connectivity index (χ3v) is 4.31. The molecule has 1 atom stereocenters. The van der Waals surface area contributed by atoms with Gasteiger partial charge >= 0.3 is 0 Å². The molecule has 0 bridgehead atoms. The molecule has 1 aromatic carbocycles. The van der Waals surface area contributed by atoms with Gasteiger partial charge in [-0.25, -0.2) is 8.42 Å². The van der Waals surface area contributed by atoms with E-state index in [9.17, 15) is 13.2 Å². The summed E-state index contributed by atoms with van der Waals surface area (Å²) in [6.45, 7) is 2.01. The number of methoxy groups -OCH3 is 1. The molecular formula is C15H24ClN3O4S. The molecule has 1 aliphatic rings. The molecule has 3 N–H and O–H groups in total. The largest absolute Gasteiger partial charge is 0.494 e. The molecule has 1 aromatic rings. The first kappa shape index (κ1) is 20.5. The highest BCUT2D eigenvalue weighted by Crippen LogP contribution is 2.28. The maximum atomic E-state index is 12.0. The number of carbonyl (C=O) groups is 1. The first-order chi connectivity index (χ1) is 10.9. The fourth-order valence-electron chi connectivity index (χ4n) is 2.57. The summed E-state index contributed by atoms with van der Waals surface area (Å²) in [6.07, 6.45) is 3.52. The highest BCUT2D eigenvalue weighted by atomic mass is 35.5. The number of amides is 1. The lowest BCUT2D eigenvalue weighted by Crippen LogP contribution is -2.15. The van der Waals surface area contributed by atoms with E-state index in [-0.39, 0.29) is 18.3 Å². The maximum Gasteiger partial charge on any atom is 0.229 e. The van der Waals surface area contributed by atoms with E-state index in [0.717, 1.165) is 32.2 Å². The van der Waals surface area contributed by atoms with Crippen molar-refractivity contribution in [2.45, 2.75) is 19.3 Å². The van der Waals surface area contributed by atoms with E-state index in [0.29, 0.717) is 29.5 Å². The smallest absolute Gasteiger partial charge is 0.229 e. The van der Waals surface area contributed by atoms with Gasteiger partial charge in [0.25, 0.3) is 0 Å². The molecule has 7 nitrogen and oxygen atoms in total. The average molecular weight is 378 g/mol. The number of halogens is 1. The van der Waals surface area contributed by atoms with Crippen LogP contribution in [0.2, 0.25) is 0 Å². The van der Waals surface area contributed by atoms with Crippen LogP contribution in [0.1, 0.15) is 19.3 Å². The number of rotatable bonds is 7. The van der Waals surface area contributed by atoms with Crippen LogP contribution in [0.4, 0.5) is 11.4 Å².